The summed E-state index contributed by atoms with van der Waals surface area (Å²) in [6.07, 6.45) is 1.71. The Hall–Kier alpha value is -4.43. The van der Waals surface area contributed by atoms with Crippen LogP contribution in [-0.4, -0.2) is 50.6 Å². The van der Waals surface area contributed by atoms with E-state index in [1.54, 1.807) is 10.8 Å². The first kappa shape index (κ1) is 26.8. The van der Waals surface area contributed by atoms with Crippen molar-refractivity contribution in [1.82, 2.24) is 24.4 Å². The van der Waals surface area contributed by atoms with Crippen LogP contribution in [0.1, 0.15) is 37.5 Å². The van der Waals surface area contributed by atoms with Crippen LogP contribution in [0.2, 0.25) is 0 Å². The number of piperazine rings is 1. The summed E-state index contributed by atoms with van der Waals surface area (Å²) in [7, 11) is 0. The number of para-hydroxylation sites is 1. The summed E-state index contributed by atoms with van der Waals surface area (Å²) >= 11 is 0. The molecule has 0 aliphatic carbocycles. The lowest BCUT2D eigenvalue weighted by atomic mass is 9.87. The normalized spacial score (nSPS) is 14.6. The molecule has 3 heterocycles. The van der Waals surface area contributed by atoms with Gasteiger partial charge in [-0.2, -0.15) is 0 Å². The summed E-state index contributed by atoms with van der Waals surface area (Å²) in [5.74, 6) is 0.872. The van der Waals surface area contributed by atoms with Gasteiger partial charge in [-0.1, -0.05) is 81.4 Å². The number of hydrogen-bond acceptors (Lipinski definition) is 5. The highest BCUT2D eigenvalue weighted by Gasteiger charge is 2.22. The van der Waals surface area contributed by atoms with Gasteiger partial charge in [-0.15, -0.1) is 0 Å². The molecule has 0 unspecified atom stereocenters. The van der Waals surface area contributed by atoms with E-state index < -0.39 is 0 Å². The fourth-order valence-corrected chi connectivity index (χ4v) is 5.49. The van der Waals surface area contributed by atoms with Crippen molar-refractivity contribution in [2.24, 2.45) is 0 Å². The van der Waals surface area contributed by atoms with Gasteiger partial charge in [-0.05, 0) is 28.7 Å². The number of hydrogen-bond donors (Lipinski definition) is 2. The van der Waals surface area contributed by atoms with Crippen molar-refractivity contribution in [3.8, 4) is 11.4 Å². The molecule has 1 aliphatic heterocycles. The zero-order valence-electron chi connectivity index (χ0n) is 23.9. The second kappa shape index (κ2) is 10.9. The Balaban J connectivity index is 1.16. The van der Waals surface area contributed by atoms with Gasteiger partial charge in [0, 0.05) is 50.0 Å². The molecule has 3 aromatic carbocycles. The standard InChI is InChI=1S/C33H36N6O2/c1-33(2,3)26-14-12-24(13-15-26)30-34-27-10-7-11-28(29(27)35-30)38-18-16-37(17-19-38)21-25-22-39(32(41)36-31(25)40)20-23-8-5-4-6-9-23/h4-15,22H,16-21H2,1-3H3,(H,34,35)(H,36,40,41). The lowest BCUT2D eigenvalue weighted by Crippen LogP contribution is -2.47. The highest BCUT2D eigenvalue weighted by molar-refractivity contribution is 5.91. The highest BCUT2D eigenvalue weighted by atomic mass is 16.2. The zero-order chi connectivity index (χ0) is 28.6. The third kappa shape index (κ3) is 5.74. The third-order valence-corrected chi connectivity index (χ3v) is 7.90. The minimum absolute atomic E-state index is 0.109. The van der Waals surface area contributed by atoms with Crippen LogP contribution in [0.25, 0.3) is 22.4 Å². The second-order valence-corrected chi connectivity index (χ2v) is 11.9. The number of rotatable bonds is 6. The molecule has 0 atom stereocenters. The van der Waals surface area contributed by atoms with E-state index in [2.05, 4.69) is 83.0 Å². The van der Waals surface area contributed by atoms with Gasteiger partial charge in [-0.3, -0.25) is 19.2 Å². The van der Waals surface area contributed by atoms with E-state index in [1.807, 2.05) is 30.3 Å². The van der Waals surface area contributed by atoms with Crippen molar-refractivity contribution in [3.05, 3.63) is 117 Å². The molecule has 8 heteroatoms. The van der Waals surface area contributed by atoms with Gasteiger partial charge in [0.2, 0.25) is 0 Å². The van der Waals surface area contributed by atoms with Gasteiger partial charge in [0.05, 0.1) is 17.7 Å². The molecule has 1 saturated heterocycles. The summed E-state index contributed by atoms with van der Waals surface area (Å²) in [5.41, 5.74) is 6.51. The first-order valence-electron chi connectivity index (χ1n) is 14.2. The van der Waals surface area contributed by atoms with Crippen molar-refractivity contribution >= 4 is 16.7 Å². The number of imidazole rings is 1. The maximum absolute atomic E-state index is 12.6. The van der Waals surface area contributed by atoms with Gasteiger partial charge >= 0.3 is 5.69 Å². The molecular weight excluding hydrogens is 512 g/mol. The van der Waals surface area contributed by atoms with Crippen LogP contribution in [0.5, 0.6) is 0 Å². The topological polar surface area (TPSA) is 90.0 Å². The van der Waals surface area contributed by atoms with E-state index >= 15 is 0 Å². The quantitative estimate of drug-likeness (QED) is 0.320. The highest BCUT2D eigenvalue weighted by Crippen LogP contribution is 2.30. The molecule has 41 heavy (non-hydrogen) atoms. The largest absolute Gasteiger partial charge is 0.367 e. The van der Waals surface area contributed by atoms with E-state index in [-0.39, 0.29) is 16.7 Å². The molecule has 210 valence electrons. The first-order chi connectivity index (χ1) is 19.7. The first-order valence-corrected chi connectivity index (χ1v) is 14.2. The van der Waals surface area contributed by atoms with Crippen LogP contribution < -0.4 is 16.1 Å². The summed E-state index contributed by atoms with van der Waals surface area (Å²) in [6, 6.07) is 24.7. The molecular formula is C33H36N6O2. The van der Waals surface area contributed by atoms with Crippen LogP contribution in [0.3, 0.4) is 0 Å². The Morgan fingerprint density at radius 2 is 1.54 bits per heavy atom. The van der Waals surface area contributed by atoms with Gasteiger partial charge < -0.3 is 9.88 Å². The molecule has 0 spiro atoms. The Morgan fingerprint density at radius 3 is 2.24 bits per heavy atom. The van der Waals surface area contributed by atoms with Crippen LogP contribution >= 0.6 is 0 Å². The monoisotopic (exact) mass is 548 g/mol. The number of anilines is 1. The molecule has 0 radical (unpaired) electrons. The molecule has 6 rings (SSSR count). The average molecular weight is 549 g/mol. The fraction of sp³-hybridized carbons (Fsp3) is 0.303. The van der Waals surface area contributed by atoms with E-state index in [1.165, 1.54) is 5.56 Å². The van der Waals surface area contributed by atoms with Crippen LogP contribution in [0.15, 0.2) is 88.6 Å². The number of fused-ring (bicyclic) bond motifs is 1. The molecule has 0 bridgehead atoms. The maximum Gasteiger partial charge on any atom is 0.328 e. The van der Waals surface area contributed by atoms with Gasteiger partial charge in [-0.25, -0.2) is 9.78 Å². The Bertz CT molecular complexity index is 1770. The third-order valence-electron chi connectivity index (χ3n) is 7.90. The molecule has 2 N–H and O–H groups in total. The minimum Gasteiger partial charge on any atom is -0.367 e. The fourth-order valence-electron chi connectivity index (χ4n) is 5.49. The molecule has 1 fully saturated rings. The zero-order valence-corrected chi connectivity index (χ0v) is 23.9. The van der Waals surface area contributed by atoms with Crippen LogP contribution in [0, 0.1) is 0 Å². The average Bonchev–Trinajstić information content (AvgIpc) is 3.41. The Labute approximate surface area is 239 Å². The van der Waals surface area contributed by atoms with E-state index in [0.29, 0.717) is 18.7 Å². The molecule has 1 aliphatic rings. The lowest BCUT2D eigenvalue weighted by Gasteiger charge is -2.36. The van der Waals surface area contributed by atoms with E-state index in [4.69, 9.17) is 4.98 Å². The van der Waals surface area contributed by atoms with E-state index in [9.17, 15) is 9.59 Å². The molecule has 5 aromatic rings. The van der Waals surface area contributed by atoms with Crippen LogP contribution in [-0.2, 0) is 18.5 Å². The van der Waals surface area contributed by atoms with Gasteiger partial charge in [0.1, 0.15) is 11.3 Å². The predicted molar refractivity (Wildman–Crippen MR) is 165 cm³/mol. The van der Waals surface area contributed by atoms with Gasteiger partial charge in [0.25, 0.3) is 5.56 Å². The predicted octanol–water partition coefficient (Wildman–Crippen LogP) is 4.75. The summed E-state index contributed by atoms with van der Waals surface area (Å²) in [5, 5.41) is 0. The van der Waals surface area contributed by atoms with Crippen molar-refractivity contribution < 1.29 is 0 Å². The summed E-state index contributed by atoms with van der Waals surface area (Å²) in [6.45, 7) is 10.8. The van der Waals surface area contributed by atoms with Crippen LogP contribution in [0.4, 0.5) is 5.69 Å². The number of aromatic amines is 2. The summed E-state index contributed by atoms with van der Waals surface area (Å²) < 4.78 is 1.58. The lowest BCUT2D eigenvalue weighted by molar-refractivity contribution is 0.248. The number of aromatic nitrogens is 4. The summed E-state index contributed by atoms with van der Waals surface area (Å²) in [4.78, 5) is 40.7. The molecule has 0 saturated carbocycles. The maximum atomic E-state index is 12.6. The number of benzene rings is 3. The SMILES string of the molecule is CC(C)(C)c1ccc(-c2nc3c(N4CCN(Cc5cn(Cc6ccccc6)c(=O)[nH]c5=O)CC4)cccc3[nH]2)cc1. The van der Waals surface area contributed by atoms with Crippen molar-refractivity contribution in [3.63, 3.8) is 0 Å². The minimum atomic E-state index is -0.385. The number of nitrogens with one attached hydrogen (secondary N) is 2. The number of H-pyrrole nitrogens is 2. The number of nitrogens with zero attached hydrogens (tertiary/aromatic N) is 4. The van der Waals surface area contributed by atoms with E-state index in [0.717, 1.165) is 59.9 Å². The Morgan fingerprint density at radius 1 is 0.805 bits per heavy atom. The molecule has 0 amide bonds. The van der Waals surface area contributed by atoms with Crippen molar-refractivity contribution in [2.75, 3.05) is 31.1 Å². The van der Waals surface area contributed by atoms with Crippen molar-refractivity contribution in [2.45, 2.75) is 39.3 Å². The van der Waals surface area contributed by atoms with Crippen molar-refractivity contribution in [1.29, 1.82) is 0 Å². The molecule has 2 aromatic heterocycles. The molecule has 8 nitrogen and oxygen atoms in total. The second-order valence-electron chi connectivity index (χ2n) is 11.9. The Kier molecular flexibility index (Phi) is 7.09. The van der Waals surface area contributed by atoms with Gasteiger partial charge in [0.15, 0.2) is 0 Å². The smallest absolute Gasteiger partial charge is 0.328 e.